The number of hydrogen-bond acceptors (Lipinski definition) is 3. The van der Waals surface area contributed by atoms with Gasteiger partial charge >= 0.3 is 0 Å². The monoisotopic (exact) mass is 261 g/mol. The molecular formula is C9H12BrNOS. The molecule has 13 heavy (non-hydrogen) atoms. The van der Waals surface area contributed by atoms with Crippen LogP contribution in [0, 0.1) is 0 Å². The van der Waals surface area contributed by atoms with Gasteiger partial charge in [0.05, 0.1) is 9.89 Å². The van der Waals surface area contributed by atoms with E-state index in [0.717, 1.165) is 16.6 Å². The summed E-state index contributed by atoms with van der Waals surface area (Å²) in [4.78, 5) is 0. The lowest BCUT2D eigenvalue weighted by molar-refractivity contribution is 0.0223. The summed E-state index contributed by atoms with van der Waals surface area (Å²) < 4.78 is 1.14. The van der Waals surface area contributed by atoms with Crippen LogP contribution in [0.2, 0.25) is 0 Å². The Hall–Kier alpha value is 0.1000. The molecule has 0 radical (unpaired) electrons. The molecule has 1 aliphatic rings. The highest BCUT2D eigenvalue weighted by atomic mass is 79.9. The van der Waals surface area contributed by atoms with Crippen LogP contribution >= 0.6 is 27.3 Å². The van der Waals surface area contributed by atoms with Crippen molar-refractivity contribution in [3.63, 3.8) is 0 Å². The van der Waals surface area contributed by atoms with E-state index < -0.39 is 0 Å². The Morgan fingerprint density at radius 3 is 2.77 bits per heavy atom. The van der Waals surface area contributed by atoms with Crippen molar-refractivity contribution in [3.05, 3.63) is 20.8 Å². The van der Waals surface area contributed by atoms with Crippen LogP contribution < -0.4 is 5.73 Å². The van der Waals surface area contributed by atoms with E-state index in [1.54, 1.807) is 11.3 Å². The van der Waals surface area contributed by atoms with Gasteiger partial charge in [-0.2, -0.15) is 0 Å². The summed E-state index contributed by atoms with van der Waals surface area (Å²) >= 11 is 5.11. The minimum absolute atomic E-state index is 0.0575. The van der Waals surface area contributed by atoms with E-state index in [9.17, 15) is 5.11 Å². The van der Waals surface area contributed by atoms with Gasteiger partial charge in [0.1, 0.15) is 0 Å². The summed E-state index contributed by atoms with van der Waals surface area (Å²) in [6, 6.07) is 2.11. The maximum absolute atomic E-state index is 9.32. The molecule has 1 saturated carbocycles. The number of halogens is 1. The molecule has 1 aromatic heterocycles. The van der Waals surface area contributed by atoms with Crippen LogP contribution in [-0.4, -0.2) is 17.8 Å². The predicted octanol–water partition coefficient (Wildman–Crippen LogP) is 1.86. The number of hydrogen-bond donors (Lipinski definition) is 2. The van der Waals surface area contributed by atoms with E-state index in [-0.39, 0.29) is 11.5 Å². The van der Waals surface area contributed by atoms with Crippen molar-refractivity contribution >= 4 is 27.3 Å². The Bertz CT molecular complexity index is 306. The van der Waals surface area contributed by atoms with E-state index in [4.69, 9.17) is 5.73 Å². The third-order valence-corrected chi connectivity index (χ3v) is 4.33. The van der Waals surface area contributed by atoms with Gasteiger partial charge < -0.3 is 10.8 Å². The first-order chi connectivity index (χ1) is 6.16. The second-order valence-corrected chi connectivity index (χ2v) is 5.98. The van der Waals surface area contributed by atoms with Crippen LogP contribution in [0.5, 0.6) is 0 Å². The molecule has 72 valence electrons. The number of aliphatic hydroxyl groups excluding tert-OH is 1. The van der Waals surface area contributed by atoms with Gasteiger partial charge in [-0.25, -0.2) is 0 Å². The van der Waals surface area contributed by atoms with Gasteiger partial charge in [-0.1, -0.05) is 0 Å². The molecule has 0 saturated heterocycles. The van der Waals surface area contributed by atoms with Crippen molar-refractivity contribution in [2.45, 2.75) is 24.4 Å². The highest BCUT2D eigenvalue weighted by molar-refractivity contribution is 9.11. The molecular weight excluding hydrogens is 250 g/mol. The third-order valence-electron chi connectivity index (χ3n) is 2.82. The van der Waals surface area contributed by atoms with Crippen LogP contribution in [0.25, 0.3) is 0 Å². The summed E-state index contributed by atoms with van der Waals surface area (Å²) in [5.41, 5.74) is 7.08. The molecule has 3 N–H and O–H groups in total. The minimum Gasteiger partial charge on any atom is -0.393 e. The van der Waals surface area contributed by atoms with E-state index in [0.29, 0.717) is 6.54 Å². The van der Waals surface area contributed by atoms with Crippen molar-refractivity contribution in [1.82, 2.24) is 0 Å². The molecule has 0 unspecified atom stereocenters. The standard InChI is InChI=1S/C9H12BrNOS/c10-8-1-6(4-13-8)9(5-11)2-7(12)3-9/h1,4,7,12H,2-3,5,11H2. The molecule has 1 heterocycles. The number of nitrogens with two attached hydrogens (primary N) is 1. The van der Waals surface area contributed by atoms with Gasteiger partial charge in [-0.05, 0) is 45.8 Å². The van der Waals surface area contributed by atoms with E-state index >= 15 is 0 Å². The van der Waals surface area contributed by atoms with Crippen LogP contribution in [0.4, 0.5) is 0 Å². The average molecular weight is 262 g/mol. The topological polar surface area (TPSA) is 46.2 Å². The van der Waals surface area contributed by atoms with Gasteiger partial charge in [0, 0.05) is 12.0 Å². The van der Waals surface area contributed by atoms with Crippen LogP contribution in [0.3, 0.4) is 0 Å². The fraction of sp³-hybridized carbons (Fsp3) is 0.556. The zero-order chi connectivity index (χ0) is 9.47. The van der Waals surface area contributed by atoms with Crippen molar-refractivity contribution in [3.8, 4) is 0 Å². The van der Waals surface area contributed by atoms with Gasteiger partial charge in [0.25, 0.3) is 0 Å². The van der Waals surface area contributed by atoms with Gasteiger partial charge in [0.2, 0.25) is 0 Å². The number of thiophene rings is 1. The number of aliphatic hydroxyl groups is 1. The minimum atomic E-state index is -0.151. The van der Waals surface area contributed by atoms with Gasteiger partial charge in [-0.15, -0.1) is 11.3 Å². The van der Waals surface area contributed by atoms with Crippen molar-refractivity contribution in [2.75, 3.05) is 6.54 Å². The molecule has 0 aromatic carbocycles. The summed E-state index contributed by atoms with van der Waals surface area (Å²) in [6.07, 6.45) is 1.47. The Kier molecular flexibility index (Phi) is 2.49. The zero-order valence-electron chi connectivity index (χ0n) is 7.16. The zero-order valence-corrected chi connectivity index (χ0v) is 9.57. The maximum atomic E-state index is 9.32. The molecule has 0 spiro atoms. The first-order valence-corrected chi connectivity index (χ1v) is 5.96. The van der Waals surface area contributed by atoms with E-state index in [1.807, 2.05) is 0 Å². The smallest absolute Gasteiger partial charge is 0.0701 e. The fourth-order valence-corrected chi connectivity index (χ4v) is 3.23. The van der Waals surface area contributed by atoms with E-state index in [1.165, 1.54) is 5.56 Å². The quantitative estimate of drug-likeness (QED) is 0.854. The predicted molar refractivity (Wildman–Crippen MR) is 58.0 cm³/mol. The first kappa shape index (κ1) is 9.65. The summed E-state index contributed by atoms with van der Waals surface area (Å²) in [5.74, 6) is 0. The summed E-state index contributed by atoms with van der Waals surface area (Å²) in [5, 5.41) is 11.4. The molecule has 1 aromatic rings. The normalized spacial score (nSPS) is 33.0. The molecule has 0 atom stereocenters. The molecule has 0 amide bonds. The summed E-state index contributed by atoms with van der Waals surface area (Å²) in [7, 11) is 0. The van der Waals surface area contributed by atoms with Gasteiger partial charge in [0.15, 0.2) is 0 Å². The maximum Gasteiger partial charge on any atom is 0.0701 e. The Morgan fingerprint density at radius 1 is 1.69 bits per heavy atom. The second-order valence-electron chi connectivity index (χ2n) is 3.69. The van der Waals surface area contributed by atoms with Crippen molar-refractivity contribution in [2.24, 2.45) is 5.73 Å². The molecule has 1 fully saturated rings. The van der Waals surface area contributed by atoms with Crippen molar-refractivity contribution < 1.29 is 5.11 Å². The Labute approximate surface area is 89.9 Å². The lowest BCUT2D eigenvalue weighted by Gasteiger charge is -2.44. The molecule has 0 aliphatic heterocycles. The molecule has 2 nitrogen and oxygen atoms in total. The van der Waals surface area contributed by atoms with Crippen LogP contribution in [0.15, 0.2) is 15.2 Å². The van der Waals surface area contributed by atoms with Gasteiger partial charge in [-0.3, -0.25) is 0 Å². The molecule has 2 rings (SSSR count). The first-order valence-electron chi connectivity index (χ1n) is 4.29. The lowest BCUT2D eigenvalue weighted by atomic mass is 9.63. The highest BCUT2D eigenvalue weighted by Crippen LogP contribution is 2.45. The largest absolute Gasteiger partial charge is 0.393 e. The van der Waals surface area contributed by atoms with Crippen molar-refractivity contribution in [1.29, 1.82) is 0 Å². The molecule has 4 heteroatoms. The number of rotatable bonds is 2. The van der Waals surface area contributed by atoms with Crippen LogP contribution in [0.1, 0.15) is 18.4 Å². The lowest BCUT2D eigenvalue weighted by Crippen LogP contribution is -2.49. The Balaban J connectivity index is 2.23. The third kappa shape index (κ3) is 1.56. The summed E-state index contributed by atoms with van der Waals surface area (Å²) in [6.45, 7) is 0.632. The second kappa shape index (κ2) is 3.35. The average Bonchev–Trinajstić information content (AvgIpc) is 2.46. The van der Waals surface area contributed by atoms with Crippen LogP contribution in [-0.2, 0) is 5.41 Å². The highest BCUT2D eigenvalue weighted by Gasteiger charge is 2.44. The Morgan fingerprint density at radius 2 is 2.38 bits per heavy atom. The fourth-order valence-electron chi connectivity index (χ4n) is 1.95. The van der Waals surface area contributed by atoms with E-state index in [2.05, 4.69) is 27.4 Å². The molecule has 1 aliphatic carbocycles. The molecule has 0 bridgehead atoms. The SMILES string of the molecule is NCC1(c2csc(Br)c2)CC(O)C1.